The van der Waals surface area contributed by atoms with Crippen molar-refractivity contribution in [3.05, 3.63) is 111 Å². The van der Waals surface area contributed by atoms with Crippen LogP contribution in [0, 0.1) is 41.5 Å². The second-order valence-electron chi connectivity index (χ2n) is 10.0. The molecule has 208 valence electrons. The number of aryl methyl sites for hydroxylation is 4. The first-order valence-electron chi connectivity index (χ1n) is 12.8. The molecule has 4 rings (SSSR count). The Kier molecular flexibility index (Phi) is 8.51. The highest BCUT2D eigenvalue weighted by atomic mass is 35.5. The molecular formula is C31H33ClN4O3S. The van der Waals surface area contributed by atoms with Gasteiger partial charge in [-0.05, 0) is 101 Å². The largest absolute Gasteiger partial charge is 0.318 e. The summed E-state index contributed by atoms with van der Waals surface area (Å²) in [6.45, 7) is 11.3. The minimum atomic E-state index is -4.07. The van der Waals surface area contributed by atoms with Crippen molar-refractivity contribution in [1.82, 2.24) is 9.99 Å². The summed E-state index contributed by atoms with van der Waals surface area (Å²) >= 11 is 6.31. The van der Waals surface area contributed by atoms with Crippen molar-refractivity contribution in [2.45, 2.75) is 46.4 Å². The number of nitrogens with one attached hydrogen (secondary N) is 1. The zero-order valence-corrected chi connectivity index (χ0v) is 25.1. The monoisotopic (exact) mass is 576 g/mol. The summed E-state index contributed by atoms with van der Waals surface area (Å²) in [5.74, 6) is -0.588. The summed E-state index contributed by atoms with van der Waals surface area (Å²) in [7, 11) is -4.07. The lowest BCUT2D eigenvalue weighted by Gasteiger charge is -2.25. The number of amides is 1. The molecule has 0 saturated heterocycles. The average Bonchev–Trinajstić information content (AvgIpc) is 3.16. The van der Waals surface area contributed by atoms with Gasteiger partial charge in [0, 0.05) is 27.7 Å². The number of benzene rings is 3. The van der Waals surface area contributed by atoms with Gasteiger partial charge in [-0.15, -0.1) is 0 Å². The first-order valence-corrected chi connectivity index (χ1v) is 14.6. The topological polar surface area (TPSA) is 83.8 Å². The lowest BCUT2D eigenvalue weighted by Crippen LogP contribution is -2.40. The SMILES string of the molecule is Cc1ccc(S(=O)(=O)N(CC(=O)N/N=C\c2cc(C)n(-c3cc(C)cc(C)c3)c2C)c2cccc(Cl)c2C)cc1. The smallest absolute Gasteiger partial charge is 0.264 e. The zero-order chi connectivity index (χ0) is 29.2. The van der Waals surface area contributed by atoms with E-state index in [1.165, 1.54) is 23.3 Å². The molecule has 0 spiro atoms. The van der Waals surface area contributed by atoms with Crippen LogP contribution in [0.1, 0.15) is 39.2 Å². The highest BCUT2D eigenvalue weighted by molar-refractivity contribution is 7.92. The minimum Gasteiger partial charge on any atom is -0.318 e. The Hall–Kier alpha value is -3.88. The molecular weight excluding hydrogens is 544 g/mol. The Bertz CT molecular complexity index is 1690. The van der Waals surface area contributed by atoms with Crippen molar-refractivity contribution in [2.24, 2.45) is 5.10 Å². The Morgan fingerprint density at radius 2 is 1.57 bits per heavy atom. The number of nitrogens with zero attached hydrogens (tertiary/aromatic N) is 3. The van der Waals surface area contributed by atoms with Crippen LogP contribution in [0.2, 0.25) is 5.02 Å². The number of hydrogen-bond acceptors (Lipinski definition) is 4. The van der Waals surface area contributed by atoms with E-state index in [0.29, 0.717) is 16.3 Å². The van der Waals surface area contributed by atoms with Crippen molar-refractivity contribution in [3.8, 4) is 5.69 Å². The van der Waals surface area contributed by atoms with Crippen LogP contribution in [0.4, 0.5) is 5.69 Å². The van der Waals surface area contributed by atoms with Crippen molar-refractivity contribution >= 4 is 39.4 Å². The molecule has 0 atom stereocenters. The Labute approximate surface area is 241 Å². The molecule has 0 aliphatic carbocycles. The molecule has 7 nitrogen and oxygen atoms in total. The molecule has 0 aliphatic heterocycles. The fraction of sp³-hybridized carbons (Fsp3) is 0.226. The molecule has 0 unspecified atom stereocenters. The predicted octanol–water partition coefficient (Wildman–Crippen LogP) is 6.33. The number of carbonyl (C=O) groups is 1. The number of sulfonamides is 1. The van der Waals surface area contributed by atoms with Gasteiger partial charge in [-0.1, -0.05) is 41.4 Å². The van der Waals surface area contributed by atoms with Crippen LogP contribution >= 0.6 is 11.6 Å². The standard InChI is InChI=1S/C31H33ClN4O3S/c1-20-10-12-28(13-11-20)40(38,39)35(30-9-7-8-29(32)24(30)5)19-31(37)34-33-18-26-17-23(4)36(25(26)6)27-15-21(2)14-22(3)16-27/h7-18H,19H2,1-6H3,(H,34,37)/b33-18-. The average molecular weight is 577 g/mol. The van der Waals surface area contributed by atoms with Crippen molar-refractivity contribution in [2.75, 3.05) is 10.8 Å². The summed E-state index contributed by atoms with van der Waals surface area (Å²) in [6, 6.07) is 19.8. The maximum atomic E-state index is 13.7. The van der Waals surface area contributed by atoms with Gasteiger partial charge in [-0.2, -0.15) is 5.10 Å². The van der Waals surface area contributed by atoms with Crippen LogP contribution in [0.15, 0.2) is 76.7 Å². The predicted molar refractivity (Wildman–Crippen MR) is 162 cm³/mol. The van der Waals surface area contributed by atoms with Gasteiger partial charge < -0.3 is 4.57 Å². The number of halogens is 1. The Balaban J connectivity index is 1.59. The molecule has 0 radical (unpaired) electrons. The number of anilines is 1. The van der Waals surface area contributed by atoms with Crippen molar-refractivity contribution in [1.29, 1.82) is 0 Å². The van der Waals surface area contributed by atoms with Crippen LogP contribution in [-0.4, -0.2) is 31.7 Å². The molecule has 9 heteroatoms. The van der Waals surface area contributed by atoms with Gasteiger partial charge in [-0.3, -0.25) is 9.10 Å². The lowest BCUT2D eigenvalue weighted by molar-refractivity contribution is -0.119. The van der Waals surface area contributed by atoms with E-state index in [9.17, 15) is 13.2 Å². The van der Waals surface area contributed by atoms with Crippen LogP contribution in [0.5, 0.6) is 0 Å². The maximum Gasteiger partial charge on any atom is 0.264 e. The first kappa shape index (κ1) is 29.1. The van der Waals surface area contributed by atoms with E-state index in [0.717, 1.165) is 32.5 Å². The van der Waals surface area contributed by atoms with E-state index in [1.54, 1.807) is 43.5 Å². The number of aromatic nitrogens is 1. The molecule has 0 fully saturated rings. The summed E-state index contributed by atoms with van der Waals surface area (Å²) in [4.78, 5) is 13.1. The van der Waals surface area contributed by atoms with Gasteiger partial charge in [0.15, 0.2) is 0 Å². The molecule has 1 amide bonds. The van der Waals surface area contributed by atoms with E-state index in [4.69, 9.17) is 11.6 Å². The highest BCUT2D eigenvalue weighted by Crippen LogP contribution is 2.31. The van der Waals surface area contributed by atoms with E-state index in [2.05, 4.69) is 47.1 Å². The zero-order valence-electron chi connectivity index (χ0n) is 23.5. The third-order valence-corrected chi connectivity index (χ3v) is 8.92. The molecule has 1 heterocycles. The summed E-state index contributed by atoms with van der Waals surface area (Å²) < 4.78 is 30.5. The summed E-state index contributed by atoms with van der Waals surface area (Å²) in [5.41, 5.74) is 10.5. The van der Waals surface area contributed by atoms with Gasteiger partial charge in [0.1, 0.15) is 6.54 Å². The highest BCUT2D eigenvalue weighted by Gasteiger charge is 2.28. The van der Waals surface area contributed by atoms with Gasteiger partial charge >= 0.3 is 0 Å². The lowest BCUT2D eigenvalue weighted by atomic mass is 10.1. The second-order valence-corrected chi connectivity index (χ2v) is 12.3. The third-order valence-electron chi connectivity index (χ3n) is 6.73. The summed E-state index contributed by atoms with van der Waals surface area (Å²) in [5, 5.41) is 4.56. The van der Waals surface area contributed by atoms with E-state index in [-0.39, 0.29) is 4.90 Å². The molecule has 40 heavy (non-hydrogen) atoms. The summed E-state index contributed by atoms with van der Waals surface area (Å²) in [6.07, 6.45) is 1.57. The van der Waals surface area contributed by atoms with Gasteiger partial charge in [0.25, 0.3) is 15.9 Å². The number of rotatable bonds is 8. The first-order chi connectivity index (χ1) is 18.9. The second kappa shape index (κ2) is 11.7. The van der Waals surface area contributed by atoms with Crippen LogP contribution < -0.4 is 9.73 Å². The molecule has 4 aromatic rings. The van der Waals surface area contributed by atoms with Gasteiger partial charge in [-0.25, -0.2) is 13.8 Å². The number of carbonyl (C=O) groups excluding carboxylic acids is 1. The fourth-order valence-corrected chi connectivity index (χ4v) is 6.39. The van der Waals surface area contributed by atoms with E-state index in [1.807, 2.05) is 26.8 Å². The van der Waals surface area contributed by atoms with Gasteiger partial charge in [0.2, 0.25) is 0 Å². The Morgan fingerprint density at radius 3 is 2.23 bits per heavy atom. The molecule has 1 N–H and O–H groups in total. The molecule has 0 bridgehead atoms. The van der Waals surface area contributed by atoms with Crippen molar-refractivity contribution in [3.63, 3.8) is 0 Å². The Morgan fingerprint density at radius 1 is 0.925 bits per heavy atom. The molecule has 0 saturated carbocycles. The molecule has 0 aliphatic rings. The molecule has 3 aromatic carbocycles. The van der Waals surface area contributed by atoms with Crippen LogP contribution in [0.3, 0.4) is 0 Å². The maximum absolute atomic E-state index is 13.7. The van der Waals surface area contributed by atoms with E-state index >= 15 is 0 Å². The normalized spacial score (nSPS) is 11.7. The van der Waals surface area contributed by atoms with Gasteiger partial charge in [0.05, 0.1) is 16.8 Å². The number of hydrogen-bond donors (Lipinski definition) is 1. The number of hydrazone groups is 1. The molecule has 1 aromatic heterocycles. The minimum absolute atomic E-state index is 0.0765. The third kappa shape index (κ3) is 6.13. The van der Waals surface area contributed by atoms with Crippen LogP contribution in [0.25, 0.3) is 5.69 Å². The van der Waals surface area contributed by atoms with E-state index < -0.39 is 22.5 Å². The fourth-order valence-electron chi connectivity index (χ4n) is 4.74. The quantitative estimate of drug-likeness (QED) is 0.197. The van der Waals surface area contributed by atoms with Crippen molar-refractivity contribution < 1.29 is 13.2 Å². The van der Waals surface area contributed by atoms with Crippen LogP contribution in [-0.2, 0) is 14.8 Å².